The number of benzene rings is 1. The molecule has 0 radical (unpaired) electrons. The number of halogens is 2. The van der Waals surface area contributed by atoms with Gasteiger partial charge in [0.1, 0.15) is 5.82 Å². The van der Waals surface area contributed by atoms with E-state index >= 15 is 0 Å². The van der Waals surface area contributed by atoms with Crippen LogP contribution in [0.1, 0.15) is 17.2 Å². The van der Waals surface area contributed by atoms with Gasteiger partial charge in [0.05, 0.1) is 0 Å². The summed E-state index contributed by atoms with van der Waals surface area (Å²) in [7, 11) is 0. The standard InChI is InChI=1S/C9H9ClFNS/c10-8-2-5(11)1-6-7(8)3-13-4-9(6)12/h1-2,9H,3-4,12H2. The molecule has 1 nitrogen and oxygen atoms in total. The molecule has 1 aromatic rings. The number of rotatable bonds is 0. The molecule has 70 valence electrons. The van der Waals surface area contributed by atoms with Gasteiger partial charge in [-0.05, 0) is 23.3 Å². The summed E-state index contributed by atoms with van der Waals surface area (Å²) in [5.41, 5.74) is 7.69. The van der Waals surface area contributed by atoms with E-state index in [0.717, 1.165) is 22.6 Å². The van der Waals surface area contributed by atoms with Crippen molar-refractivity contribution >= 4 is 23.4 Å². The molecule has 1 heterocycles. The Balaban J connectivity index is 2.56. The average molecular weight is 218 g/mol. The third kappa shape index (κ3) is 1.68. The SMILES string of the molecule is NC1CSCc2c(Cl)cc(F)cc21. The predicted octanol–water partition coefficient (Wildman–Crippen LogP) is 2.73. The van der Waals surface area contributed by atoms with Gasteiger partial charge in [0.15, 0.2) is 0 Å². The lowest BCUT2D eigenvalue weighted by atomic mass is 10.0. The monoisotopic (exact) mass is 217 g/mol. The lowest BCUT2D eigenvalue weighted by Crippen LogP contribution is -2.19. The van der Waals surface area contributed by atoms with E-state index in [2.05, 4.69) is 0 Å². The first-order valence-corrected chi connectivity index (χ1v) is 5.53. The van der Waals surface area contributed by atoms with Crippen LogP contribution in [0.5, 0.6) is 0 Å². The van der Waals surface area contributed by atoms with Crippen molar-refractivity contribution in [1.82, 2.24) is 0 Å². The molecule has 0 saturated heterocycles. The second-order valence-electron chi connectivity index (χ2n) is 3.08. The van der Waals surface area contributed by atoms with Crippen LogP contribution >= 0.6 is 23.4 Å². The Morgan fingerprint density at radius 3 is 3.08 bits per heavy atom. The molecule has 0 bridgehead atoms. The van der Waals surface area contributed by atoms with Crippen molar-refractivity contribution in [2.24, 2.45) is 5.73 Å². The van der Waals surface area contributed by atoms with Gasteiger partial charge in [0.2, 0.25) is 0 Å². The Morgan fingerprint density at radius 2 is 2.31 bits per heavy atom. The summed E-state index contributed by atoms with van der Waals surface area (Å²) in [6.45, 7) is 0. The first kappa shape index (κ1) is 9.31. The van der Waals surface area contributed by atoms with E-state index in [1.807, 2.05) is 0 Å². The smallest absolute Gasteiger partial charge is 0.125 e. The van der Waals surface area contributed by atoms with Crippen molar-refractivity contribution in [3.8, 4) is 0 Å². The fourth-order valence-corrected chi connectivity index (χ4v) is 2.92. The molecule has 1 aliphatic rings. The molecule has 2 rings (SSSR count). The zero-order valence-corrected chi connectivity index (χ0v) is 8.46. The van der Waals surface area contributed by atoms with Gasteiger partial charge in [-0.1, -0.05) is 11.6 Å². The van der Waals surface area contributed by atoms with E-state index in [1.54, 1.807) is 11.8 Å². The van der Waals surface area contributed by atoms with Crippen molar-refractivity contribution in [3.05, 3.63) is 34.1 Å². The second-order valence-corrected chi connectivity index (χ2v) is 4.51. The Morgan fingerprint density at radius 1 is 1.54 bits per heavy atom. The maximum atomic E-state index is 13.0. The van der Waals surface area contributed by atoms with Crippen molar-refractivity contribution < 1.29 is 4.39 Å². The summed E-state index contributed by atoms with van der Waals surface area (Å²) in [6.07, 6.45) is 0. The highest BCUT2D eigenvalue weighted by Crippen LogP contribution is 2.35. The summed E-state index contributed by atoms with van der Waals surface area (Å²) in [5.74, 6) is 1.38. The molecule has 2 N–H and O–H groups in total. The Labute approximate surface area is 85.5 Å². The molecule has 0 spiro atoms. The van der Waals surface area contributed by atoms with E-state index < -0.39 is 0 Å². The summed E-state index contributed by atoms with van der Waals surface area (Å²) in [6, 6.07) is 2.76. The van der Waals surface area contributed by atoms with Gasteiger partial charge in [-0.25, -0.2) is 4.39 Å². The Kier molecular flexibility index (Phi) is 2.49. The van der Waals surface area contributed by atoms with Gasteiger partial charge in [-0.2, -0.15) is 11.8 Å². The molecule has 0 aromatic heterocycles. The minimum absolute atomic E-state index is 0.0815. The van der Waals surface area contributed by atoms with Gasteiger partial charge in [-0.3, -0.25) is 0 Å². The highest BCUT2D eigenvalue weighted by molar-refractivity contribution is 7.98. The van der Waals surface area contributed by atoms with Crippen molar-refractivity contribution in [1.29, 1.82) is 0 Å². The van der Waals surface area contributed by atoms with E-state index in [-0.39, 0.29) is 11.9 Å². The summed E-state index contributed by atoms with van der Waals surface area (Å²) < 4.78 is 13.0. The van der Waals surface area contributed by atoms with Crippen LogP contribution < -0.4 is 5.73 Å². The van der Waals surface area contributed by atoms with Crippen LogP contribution in [0.2, 0.25) is 5.02 Å². The number of hydrogen-bond acceptors (Lipinski definition) is 2. The molecule has 0 aliphatic carbocycles. The Bertz CT molecular complexity index is 343. The van der Waals surface area contributed by atoms with Gasteiger partial charge in [0, 0.05) is 22.6 Å². The third-order valence-corrected chi connectivity index (χ3v) is 3.56. The van der Waals surface area contributed by atoms with Gasteiger partial charge >= 0.3 is 0 Å². The third-order valence-electron chi connectivity index (χ3n) is 2.14. The molecule has 0 fully saturated rings. The van der Waals surface area contributed by atoms with Gasteiger partial charge in [-0.15, -0.1) is 0 Å². The second kappa shape index (κ2) is 3.48. The van der Waals surface area contributed by atoms with Crippen molar-refractivity contribution in [2.45, 2.75) is 11.8 Å². The average Bonchev–Trinajstić information content (AvgIpc) is 2.07. The highest BCUT2D eigenvalue weighted by Gasteiger charge is 2.20. The fraction of sp³-hybridized carbons (Fsp3) is 0.333. The zero-order chi connectivity index (χ0) is 9.42. The molecule has 4 heteroatoms. The molecule has 13 heavy (non-hydrogen) atoms. The largest absolute Gasteiger partial charge is 0.323 e. The van der Waals surface area contributed by atoms with E-state index in [0.29, 0.717) is 5.02 Å². The molecular formula is C9H9ClFNS. The summed E-state index contributed by atoms with van der Waals surface area (Å²) in [5, 5.41) is 0.498. The highest BCUT2D eigenvalue weighted by atomic mass is 35.5. The molecule has 1 atom stereocenters. The van der Waals surface area contributed by atoms with Crippen LogP contribution in [-0.2, 0) is 5.75 Å². The number of thioether (sulfide) groups is 1. The normalized spacial score (nSPS) is 21.3. The minimum atomic E-state index is -0.300. The zero-order valence-electron chi connectivity index (χ0n) is 6.89. The number of hydrogen-bond donors (Lipinski definition) is 1. The van der Waals surface area contributed by atoms with Crippen LogP contribution in [-0.4, -0.2) is 5.75 Å². The van der Waals surface area contributed by atoms with Crippen LogP contribution in [0.15, 0.2) is 12.1 Å². The molecule has 0 amide bonds. The van der Waals surface area contributed by atoms with E-state index in [4.69, 9.17) is 17.3 Å². The summed E-state index contributed by atoms with van der Waals surface area (Å²) >= 11 is 7.64. The van der Waals surface area contributed by atoms with Gasteiger partial charge < -0.3 is 5.73 Å². The molecular weight excluding hydrogens is 209 g/mol. The van der Waals surface area contributed by atoms with Crippen LogP contribution in [0, 0.1) is 5.82 Å². The molecule has 1 aromatic carbocycles. The van der Waals surface area contributed by atoms with Crippen LogP contribution in [0.25, 0.3) is 0 Å². The fourth-order valence-electron chi connectivity index (χ4n) is 1.48. The minimum Gasteiger partial charge on any atom is -0.323 e. The molecule has 0 saturated carbocycles. The van der Waals surface area contributed by atoms with Crippen LogP contribution in [0.4, 0.5) is 4.39 Å². The van der Waals surface area contributed by atoms with Crippen LogP contribution in [0.3, 0.4) is 0 Å². The van der Waals surface area contributed by atoms with Crippen molar-refractivity contribution in [2.75, 3.05) is 5.75 Å². The molecule has 1 aliphatic heterocycles. The maximum absolute atomic E-state index is 13.0. The number of nitrogens with two attached hydrogens (primary N) is 1. The number of fused-ring (bicyclic) bond motifs is 1. The Hall–Kier alpha value is -0.250. The maximum Gasteiger partial charge on any atom is 0.125 e. The lowest BCUT2D eigenvalue weighted by molar-refractivity contribution is 0.621. The lowest BCUT2D eigenvalue weighted by Gasteiger charge is -2.22. The topological polar surface area (TPSA) is 26.0 Å². The first-order valence-electron chi connectivity index (χ1n) is 3.99. The van der Waals surface area contributed by atoms with E-state index in [9.17, 15) is 4.39 Å². The van der Waals surface area contributed by atoms with E-state index in [1.165, 1.54) is 12.1 Å². The van der Waals surface area contributed by atoms with Gasteiger partial charge in [0.25, 0.3) is 0 Å². The summed E-state index contributed by atoms with van der Waals surface area (Å²) in [4.78, 5) is 0. The quantitative estimate of drug-likeness (QED) is 0.723. The molecule has 1 unspecified atom stereocenters. The first-order chi connectivity index (χ1) is 6.18. The van der Waals surface area contributed by atoms with Crippen molar-refractivity contribution in [3.63, 3.8) is 0 Å². The predicted molar refractivity (Wildman–Crippen MR) is 54.5 cm³/mol.